The van der Waals surface area contributed by atoms with E-state index in [1.165, 1.54) is 0 Å². The molecule has 4 bridgehead atoms. The van der Waals surface area contributed by atoms with Crippen molar-refractivity contribution in [1.29, 1.82) is 0 Å². The van der Waals surface area contributed by atoms with Gasteiger partial charge in [-0.05, 0) is 44.4 Å². The van der Waals surface area contributed by atoms with Crippen molar-refractivity contribution in [2.75, 3.05) is 0 Å². The van der Waals surface area contributed by atoms with Gasteiger partial charge in [-0.2, -0.15) is 5.06 Å². The average molecular weight is 182 g/mol. The molecule has 2 atom stereocenters. The summed E-state index contributed by atoms with van der Waals surface area (Å²) in [5.74, 6) is 1.34. The number of hydrogen-bond acceptors (Lipinski definition) is 3. The van der Waals surface area contributed by atoms with E-state index in [1.54, 1.807) is 5.06 Å². The lowest BCUT2D eigenvalue weighted by molar-refractivity contribution is -0.273. The minimum Gasteiger partial charge on any atom is -0.327 e. The van der Waals surface area contributed by atoms with Crippen LogP contribution in [0, 0.1) is 11.8 Å². The third-order valence-corrected chi connectivity index (χ3v) is 4.54. The highest BCUT2D eigenvalue weighted by Gasteiger charge is 2.56. The number of piperidine rings is 2. The summed E-state index contributed by atoms with van der Waals surface area (Å²) >= 11 is 0. The molecule has 74 valence electrons. The molecule has 0 aromatic rings. The summed E-state index contributed by atoms with van der Waals surface area (Å²) in [6.07, 6.45) is 4.42. The van der Waals surface area contributed by atoms with E-state index in [4.69, 9.17) is 5.73 Å². The van der Waals surface area contributed by atoms with Crippen molar-refractivity contribution < 1.29 is 5.21 Å². The third kappa shape index (κ3) is 0.901. The maximum absolute atomic E-state index is 9.97. The molecule has 0 aromatic carbocycles. The Kier molecular flexibility index (Phi) is 1.43. The Hall–Kier alpha value is -0.120. The second-order valence-corrected chi connectivity index (χ2v) is 5.47. The molecule has 4 rings (SSSR count). The summed E-state index contributed by atoms with van der Waals surface area (Å²) in [5.41, 5.74) is 6.22. The topological polar surface area (TPSA) is 49.5 Å². The second-order valence-electron chi connectivity index (χ2n) is 5.47. The van der Waals surface area contributed by atoms with Gasteiger partial charge in [-0.1, -0.05) is 0 Å². The number of hydroxylamine groups is 2. The summed E-state index contributed by atoms with van der Waals surface area (Å²) < 4.78 is 0. The van der Waals surface area contributed by atoms with Gasteiger partial charge in [0.1, 0.15) is 0 Å². The highest BCUT2D eigenvalue weighted by Crippen LogP contribution is 2.52. The first kappa shape index (κ1) is 8.21. The minimum absolute atomic E-state index is 0.0480. The Labute approximate surface area is 78.9 Å². The number of rotatable bonds is 0. The van der Waals surface area contributed by atoms with Gasteiger partial charge < -0.3 is 10.9 Å². The molecule has 2 unspecified atom stereocenters. The van der Waals surface area contributed by atoms with Crippen molar-refractivity contribution in [1.82, 2.24) is 5.06 Å². The van der Waals surface area contributed by atoms with Gasteiger partial charge >= 0.3 is 0 Å². The SMILES string of the molecule is CC12CC3CC(CC(C1)C3N)N2O. The molecule has 0 radical (unpaired) electrons. The van der Waals surface area contributed by atoms with Gasteiger partial charge in [0.15, 0.2) is 0 Å². The van der Waals surface area contributed by atoms with Gasteiger partial charge in [0, 0.05) is 17.6 Å². The van der Waals surface area contributed by atoms with Crippen molar-refractivity contribution in [2.24, 2.45) is 17.6 Å². The maximum Gasteiger partial charge on any atom is 0.0442 e. The quantitative estimate of drug-likeness (QED) is 0.587. The van der Waals surface area contributed by atoms with Crippen molar-refractivity contribution in [3.05, 3.63) is 0 Å². The maximum atomic E-state index is 9.97. The van der Waals surface area contributed by atoms with Crippen LogP contribution in [0.5, 0.6) is 0 Å². The third-order valence-electron chi connectivity index (χ3n) is 4.54. The first-order valence-corrected chi connectivity index (χ1v) is 5.34. The molecular formula is C10H18N2O. The first-order chi connectivity index (χ1) is 6.10. The zero-order chi connectivity index (χ0) is 9.22. The van der Waals surface area contributed by atoms with E-state index >= 15 is 0 Å². The molecule has 4 aliphatic rings. The van der Waals surface area contributed by atoms with E-state index in [2.05, 4.69) is 6.92 Å². The van der Waals surface area contributed by atoms with Gasteiger partial charge in [0.2, 0.25) is 0 Å². The summed E-state index contributed by atoms with van der Waals surface area (Å²) in [6.45, 7) is 2.18. The number of nitrogens with zero attached hydrogens (tertiary/aromatic N) is 1. The second kappa shape index (κ2) is 2.27. The van der Waals surface area contributed by atoms with Crippen LogP contribution in [0.3, 0.4) is 0 Å². The smallest absolute Gasteiger partial charge is 0.0442 e. The van der Waals surface area contributed by atoms with Crippen molar-refractivity contribution >= 4 is 0 Å². The normalized spacial score (nSPS) is 60.2. The van der Waals surface area contributed by atoms with Gasteiger partial charge in [-0.3, -0.25) is 0 Å². The summed E-state index contributed by atoms with van der Waals surface area (Å²) in [5, 5.41) is 11.6. The first-order valence-electron chi connectivity index (χ1n) is 5.34. The lowest BCUT2D eigenvalue weighted by atomic mass is 9.57. The molecular weight excluding hydrogens is 164 g/mol. The van der Waals surface area contributed by atoms with Crippen LogP contribution in [0.1, 0.15) is 32.6 Å². The van der Waals surface area contributed by atoms with Crippen LogP contribution in [-0.2, 0) is 0 Å². The Morgan fingerprint density at radius 2 is 1.85 bits per heavy atom. The molecule has 13 heavy (non-hydrogen) atoms. The van der Waals surface area contributed by atoms with Crippen LogP contribution in [0.4, 0.5) is 0 Å². The monoisotopic (exact) mass is 182 g/mol. The largest absolute Gasteiger partial charge is 0.327 e. The van der Waals surface area contributed by atoms with Gasteiger partial charge in [0.25, 0.3) is 0 Å². The fraction of sp³-hybridized carbons (Fsp3) is 1.00. The molecule has 0 spiro atoms. The minimum atomic E-state index is 0.0480. The Balaban J connectivity index is 1.97. The van der Waals surface area contributed by atoms with Gasteiger partial charge in [0.05, 0.1) is 0 Å². The Bertz CT molecular complexity index is 227. The zero-order valence-corrected chi connectivity index (χ0v) is 8.11. The lowest BCUT2D eigenvalue weighted by Gasteiger charge is -2.61. The molecule has 2 aliphatic carbocycles. The van der Waals surface area contributed by atoms with E-state index in [-0.39, 0.29) is 5.54 Å². The predicted octanol–water partition coefficient (Wildman–Crippen LogP) is 0.966. The molecule has 2 aliphatic heterocycles. The van der Waals surface area contributed by atoms with Crippen LogP contribution >= 0.6 is 0 Å². The molecule has 2 saturated heterocycles. The van der Waals surface area contributed by atoms with E-state index in [0.717, 1.165) is 25.7 Å². The molecule has 0 aromatic heterocycles. The average Bonchev–Trinajstić information content (AvgIpc) is 2.05. The molecule has 0 amide bonds. The van der Waals surface area contributed by atoms with E-state index in [0.29, 0.717) is 23.9 Å². The molecule has 3 heteroatoms. The van der Waals surface area contributed by atoms with Crippen molar-refractivity contribution in [2.45, 2.75) is 50.2 Å². The highest BCUT2D eigenvalue weighted by atomic mass is 16.5. The van der Waals surface area contributed by atoms with Gasteiger partial charge in [-0.15, -0.1) is 0 Å². The summed E-state index contributed by atoms with van der Waals surface area (Å²) in [6, 6.07) is 0.820. The highest BCUT2D eigenvalue weighted by molar-refractivity contribution is 5.09. The summed E-state index contributed by atoms with van der Waals surface area (Å²) in [4.78, 5) is 0. The molecule has 2 heterocycles. The van der Waals surface area contributed by atoms with E-state index in [1.807, 2.05) is 0 Å². The van der Waals surface area contributed by atoms with Crippen LogP contribution in [0.2, 0.25) is 0 Å². The molecule has 4 fully saturated rings. The fourth-order valence-electron chi connectivity index (χ4n) is 3.97. The number of hydrogen-bond donors (Lipinski definition) is 2. The lowest BCUT2D eigenvalue weighted by Crippen LogP contribution is -2.68. The molecule has 3 nitrogen and oxygen atoms in total. The van der Waals surface area contributed by atoms with Crippen LogP contribution in [0.25, 0.3) is 0 Å². The van der Waals surface area contributed by atoms with E-state index in [9.17, 15) is 5.21 Å². The molecule has 2 saturated carbocycles. The molecule has 3 N–H and O–H groups in total. The van der Waals surface area contributed by atoms with E-state index < -0.39 is 0 Å². The van der Waals surface area contributed by atoms with Crippen molar-refractivity contribution in [3.63, 3.8) is 0 Å². The van der Waals surface area contributed by atoms with Gasteiger partial charge in [-0.25, -0.2) is 0 Å². The summed E-state index contributed by atoms with van der Waals surface area (Å²) in [7, 11) is 0. The Morgan fingerprint density at radius 3 is 2.31 bits per heavy atom. The van der Waals surface area contributed by atoms with Crippen LogP contribution in [-0.4, -0.2) is 27.9 Å². The zero-order valence-electron chi connectivity index (χ0n) is 8.11. The predicted molar refractivity (Wildman–Crippen MR) is 49.2 cm³/mol. The Morgan fingerprint density at radius 1 is 1.31 bits per heavy atom. The van der Waals surface area contributed by atoms with Crippen LogP contribution in [0.15, 0.2) is 0 Å². The number of nitrogens with two attached hydrogens (primary N) is 1. The van der Waals surface area contributed by atoms with Crippen molar-refractivity contribution in [3.8, 4) is 0 Å². The standard InChI is InChI=1S/C10H18N2O/c1-10-4-6-2-8(12(10)13)3-7(5-10)9(6)11/h6-9,13H,2-5,11H2,1H3. The fourth-order valence-corrected chi connectivity index (χ4v) is 3.97. The van der Waals surface area contributed by atoms with Crippen LogP contribution < -0.4 is 5.73 Å².